The first-order valence-corrected chi connectivity index (χ1v) is 14.1. The Morgan fingerprint density at radius 1 is 1.11 bits per heavy atom. The Labute approximate surface area is 226 Å². The highest BCUT2D eigenvalue weighted by Crippen LogP contribution is 2.28. The number of nitrogens with one attached hydrogen (secondary N) is 1. The molecule has 10 nitrogen and oxygen atoms in total. The summed E-state index contributed by atoms with van der Waals surface area (Å²) < 4.78 is 11.2. The fourth-order valence-electron chi connectivity index (χ4n) is 5.30. The number of likely N-dealkylation sites (tertiary alicyclic amines) is 1. The normalized spacial score (nSPS) is 23.4. The predicted octanol–water partition coefficient (Wildman–Crippen LogP) is 4.46. The molecule has 1 unspecified atom stereocenters. The molecule has 4 rings (SSSR count). The molecule has 2 saturated heterocycles. The van der Waals surface area contributed by atoms with Gasteiger partial charge in [0.25, 0.3) is 5.91 Å². The molecule has 1 saturated carbocycles. The number of amides is 2. The average Bonchev–Trinajstić information content (AvgIpc) is 3.35. The quantitative estimate of drug-likeness (QED) is 0.389. The van der Waals surface area contributed by atoms with Crippen LogP contribution in [0, 0.1) is 5.92 Å². The summed E-state index contributed by atoms with van der Waals surface area (Å²) in [6.07, 6.45) is 15.5. The van der Waals surface area contributed by atoms with E-state index in [-0.39, 0.29) is 6.04 Å². The van der Waals surface area contributed by atoms with Crippen LogP contribution in [0.5, 0.6) is 0 Å². The van der Waals surface area contributed by atoms with Gasteiger partial charge in [0.05, 0.1) is 6.04 Å². The van der Waals surface area contributed by atoms with Crippen molar-refractivity contribution in [1.82, 2.24) is 20.3 Å². The number of anilines is 1. The van der Waals surface area contributed by atoms with Crippen LogP contribution >= 0.6 is 0 Å². The molecule has 1 aliphatic carbocycles. The molecule has 3 heterocycles. The van der Waals surface area contributed by atoms with E-state index >= 15 is 0 Å². The van der Waals surface area contributed by atoms with Crippen LogP contribution in [-0.4, -0.2) is 71.0 Å². The summed E-state index contributed by atoms with van der Waals surface area (Å²) in [5.74, 6) is 0.656. The second kappa shape index (κ2) is 13.5. The number of aromatic nitrogens is 2. The van der Waals surface area contributed by atoms with Gasteiger partial charge in [-0.15, -0.1) is 0 Å². The molecule has 3 aliphatic rings. The molecule has 1 aromatic rings. The summed E-state index contributed by atoms with van der Waals surface area (Å²) in [7, 11) is 0. The highest BCUT2D eigenvalue weighted by Gasteiger charge is 2.36. The number of carbonyl (C=O) groups excluding carboxylic acids is 2. The first kappa shape index (κ1) is 28.4. The van der Waals surface area contributed by atoms with Crippen molar-refractivity contribution in [3.05, 3.63) is 24.0 Å². The first-order chi connectivity index (χ1) is 18.3. The fourth-order valence-corrected chi connectivity index (χ4v) is 5.30. The van der Waals surface area contributed by atoms with E-state index < -0.39 is 23.9 Å². The third-order valence-electron chi connectivity index (χ3n) is 7.17. The number of nitrogens with zero attached hydrogens (tertiary/aromatic N) is 4. The highest BCUT2D eigenvalue weighted by molar-refractivity contribution is 5.91. The molecule has 0 spiro atoms. The van der Waals surface area contributed by atoms with Crippen molar-refractivity contribution in [3.63, 3.8) is 0 Å². The van der Waals surface area contributed by atoms with Gasteiger partial charge < -0.3 is 14.4 Å². The summed E-state index contributed by atoms with van der Waals surface area (Å²) >= 11 is 0. The number of hydrogen-bond donors (Lipinski definition) is 1. The SMILES string of the molecule is CC(C)(C)OC(=O)N(c1ncc(C=CC(=O)NOC2CCCCO2)cn1)[C@@H]1CCN(CC2CCCCC2)C1. The van der Waals surface area contributed by atoms with Crippen molar-refractivity contribution in [3.8, 4) is 0 Å². The maximum atomic E-state index is 13.3. The predicted molar refractivity (Wildman–Crippen MR) is 144 cm³/mol. The minimum Gasteiger partial charge on any atom is -0.443 e. The Kier molecular flexibility index (Phi) is 10.1. The minimum absolute atomic E-state index is 0.0558. The van der Waals surface area contributed by atoms with E-state index in [4.69, 9.17) is 14.3 Å². The van der Waals surface area contributed by atoms with Gasteiger partial charge in [-0.1, -0.05) is 19.3 Å². The number of ether oxygens (including phenoxy) is 2. The number of rotatable bonds is 8. The van der Waals surface area contributed by atoms with Gasteiger partial charge in [-0.3, -0.25) is 4.79 Å². The average molecular weight is 530 g/mol. The van der Waals surface area contributed by atoms with E-state index in [1.54, 1.807) is 23.4 Å². The lowest BCUT2D eigenvalue weighted by Crippen LogP contribution is -2.46. The van der Waals surface area contributed by atoms with E-state index in [0.29, 0.717) is 18.1 Å². The maximum Gasteiger partial charge on any atom is 0.417 e. The van der Waals surface area contributed by atoms with Crippen LogP contribution in [0.25, 0.3) is 6.08 Å². The van der Waals surface area contributed by atoms with Gasteiger partial charge in [0.2, 0.25) is 5.95 Å². The van der Waals surface area contributed by atoms with Gasteiger partial charge >= 0.3 is 6.09 Å². The lowest BCUT2D eigenvalue weighted by atomic mass is 9.89. The lowest BCUT2D eigenvalue weighted by molar-refractivity contribution is -0.198. The van der Waals surface area contributed by atoms with E-state index in [0.717, 1.165) is 51.2 Å². The van der Waals surface area contributed by atoms with Crippen molar-refractivity contribution in [2.45, 2.75) is 96.5 Å². The first-order valence-electron chi connectivity index (χ1n) is 14.1. The van der Waals surface area contributed by atoms with Gasteiger partial charge in [0.15, 0.2) is 6.29 Å². The van der Waals surface area contributed by atoms with E-state index in [2.05, 4.69) is 20.3 Å². The van der Waals surface area contributed by atoms with E-state index in [9.17, 15) is 9.59 Å². The molecule has 210 valence electrons. The maximum absolute atomic E-state index is 13.3. The number of hydroxylamine groups is 1. The van der Waals surface area contributed by atoms with E-state index in [1.165, 1.54) is 38.2 Å². The molecular formula is C28H43N5O5. The fraction of sp³-hybridized carbons (Fsp3) is 0.714. The summed E-state index contributed by atoms with van der Waals surface area (Å²) in [6, 6.07) is -0.0558. The number of carbonyl (C=O) groups is 2. The Balaban J connectivity index is 1.37. The molecule has 0 bridgehead atoms. The van der Waals surface area contributed by atoms with Crippen LogP contribution in [-0.2, 0) is 19.1 Å². The summed E-state index contributed by atoms with van der Waals surface area (Å²) in [5, 5.41) is 0. The monoisotopic (exact) mass is 529 g/mol. The van der Waals surface area contributed by atoms with Crippen LogP contribution in [0.4, 0.5) is 10.7 Å². The molecule has 10 heteroatoms. The van der Waals surface area contributed by atoms with Crippen molar-refractivity contribution in [1.29, 1.82) is 0 Å². The summed E-state index contributed by atoms with van der Waals surface area (Å²) in [5.41, 5.74) is 2.40. The molecule has 1 N–H and O–H groups in total. The molecule has 1 aromatic heterocycles. The van der Waals surface area contributed by atoms with E-state index in [1.807, 2.05) is 20.8 Å². The zero-order valence-corrected chi connectivity index (χ0v) is 23.1. The second-order valence-corrected chi connectivity index (χ2v) is 11.6. The lowest BCUT2D eigenvalue weighted by Gasteiger charge is -2.31. The minimum atomic E-state index is -0.628. The van der Waals surface area contributed by atoms with Gasteiger partial charge in [-0.05, 0) is 64.9 Å². The summed E-state index contributed by atoms with van der Waals surface area (Å²) in [4.78, 5) is 43.7. The smallest absolute Gasteiger partial charge is 0.417 e. The van der Waals surface area contributed by atoms with Gasteiger partial charge in [0, 0.05) is 56.7 Å². The Morgan fingerprint density at radius 3 is 2.53 bits per heavy atom. The Morgan fingerprint density at radius 2 is 1.84 bits per heavy atom. The van der Waals surface area contributed by atoms with Crippen LogP contribution < -0.4 is 10.4 Å². The largest absolute Gasteiger partial charge is 0.443 e. The van der Waals surface area contributed by atoms with Crippen molar-refractivity contribution < 1.29 is 23.9 Å². The molecule has 2 amide bonds. The van der Waals surface area contributed by atoms with Crippen LogP contribution in [0.15, 0.2) is 18.5 Å². The molecule has 0 aromatic carbocycles. The molecule has 2 atom stereocenters. The highest BCUT2D eigenvalue weighted by atomic mass is 16.8. The molecule has 0 radical (unpaired) electrons. The standard InChI is InChI=1S/C28H43N5O5/c1-28(2,3)37-27(35)33(23-14-15-32(20-23)19-21-9-5-4-6-10-21)26-29-17-22(18-30-26)12-13-24(34)31-38-25-11-7-8-16-36-25/h12-13,17-18,21,23,25H,4-11,14-16,19-20H2,1-3H3,(H,31,34)/t23-,25?/m1/s1. The zero-order chi connectivity index (χ0) is 27.0. The van der Waals surface area contributed by atoms with Crippen LogP contribution in [0.2, 0.25) is 0 Å². The van der Waals surface area contributed by atoms with Crippen LogP contribution in [0.1, 0.15) is 84.1 Å². The topological polar surface area (TPSA) is 106 Å². The Bertz CT molecular complexity index is 936. The van der Waals surface area contributed by atoms with Crippen molar-refractivity contribution >= 4 is 24.0 Å². The third-order valence-corrected chi connectivity index (χ3v) is 7.17. The summed E-state index contributed by atoms with van der Waals surface area (Å²) in [6.45, 7) is 9.03. The van der Waals surface area contributed by atoms with Gasteiger partial charge in [-0.25, -0.2) is 30.0 Å². The van der Waals surface area contributed by atoms with Crippen molar-refractivity contribution in [2.75, 3.05) is 31.1 Å². The second-order valence-electron chi connectivity index (χ2n) is 11.6. The van der Waals surface area contributed by atoms with Crippen molar-refractivity contribution in [2.24, 2.45) is 5.92 Å². The molecule has 38 heavy (non-hydrogen) atoms. The van der Waals surface area contributed by atoms with Crippen LogP contribution in [0.3, 0.4) is 0 Å². The van der Waals surface area contributed by atoms with Gasteiger partial charge in [-0.2, -0.15) is 0 Å². The molecular weight excluding hydrogens is 486 g/mol. The molecule has 3 fully saturated rings. The number of hydrogen-bond acceptors (Lipinski definition) is 8. The van der Waals surface area contributed by atoms with Gasteiger partial charge in [0.1, 0.15) is 5.60 Å². The zero-order valence-electron chi connectivity index (χ0n) is 23.1. The Hall–Kier alpha value is -2.56. The third kappa shape index (κ3) is 8.74. The molecule has 2 aliphatic heterocycles.